The first-order chi connectivity index (χ1) is 15.9. The van der Waals surface area contributed by atoms with Gasteiger partial charge in [0.15, 0.2) is 11.5 Å². The molecule has 1 saturated heterocycles. The van der Waals surface area contributed by atoms with Crippen molar-refractivity contribution in [3.8, 4) is 17.6 Å². The van der Waals surface area contributed by atoms with E-state index in [0.717, 1.165) is 50.5 Å². The van der Waals surface area contributed by atoms with Crippen LogP contribution in [0.3, 0.4) is 0 Å². The first-order valence-corrected chi connectivity index (χ1v) is 12.0. The summed E-state index contributed by atoms with van der Waals surface area (Å²) in [4.78, 5) is 4.91. The van der Waals surface area contributed by atoms with Crippen molar-refractivity contribution in [3.63, 3.8) is 0 Å². The second-order valence-electron chi connectivity index (χ2n) is 9.54. The molecule has 0 unspecified atom stereocenters. The fraction of sp³-hybridized carbons (Fsp3) is 0.536. The van der Waals surface area contributed by atoms with Crippen LogP contribution in [0.4, 0.5) is 0 Å². The van der Waals surface area contributed by atoms with Crippen molar-refractivity contribution in [2.75, 3.05) is 40.9 Å². The summed E-state index contributed by atoms with van der Waals surface area (Å²) in [5.41, 5.74) is 2.75. The third-order valence-corrected chi connectivity index (χ3v) is 7.53. The van der Waals surface area contributed by atoms with E-state index in [1.165, 1.54) is 11.1 Å². The van der Waals surface area contributed by atoms with Crippen LogP contribution in [0.25, 0.3) is 0 Å². The normalized spacial score (nSPS) is 23.3. The fourth-order valence-corrected chi connectivity index (χ4v) is 5.41. The summed E-state index contributed by atoms with van der Waals surface area (Å²) < 4.78 is 10.9. The smallest absolute Gasteiger partial charge is 0.161 e. The van der Waals surface area contributed by atoms with Crippen molar-refractivity contribution in [1.29, 1.82) is 5.26 Å². The lowest BCUT2D eigenvalue weighted by Gasteiger charge is -2.50. The van der Waals surface area contributed by atoms with Crippen LogP contribution in [0.1, 0.15) is 44.2 Å². The molecule has 0 bridgehead atoms. The van der Waals surface area contributed by atoms with E-state index in [0.29, 0.717) is 18.4 Å². The summed E-state index contributed by atoms with van der Waals surface area (Å²) in [6.07, 6.45) is 2.76. The Hall–Kier alpha value is -2.55. The molecule has 5 heteroatoms. The summed E-state index contributed by atoms with van der Waals surface area (Å²) in [6.45, 7) is 8.36. The first kappa shape index (κ1) is 25.1. The van der Waals surface area contributed by atoms with Crippen molar-refractivity contribution >= 4 is 0 Å². The minimum absolute atomic E-state index is 0.135. The average Bonchev–Trinajstić information content (AvgIpc) is 2.84. The van der Waals surface area contributed by atoms with Crippen LogP contribution >= 0.6 is 0 Å². The molecule has 0 spiro atoms. The highest BCUT2D eigenvalue weighted by Gasteiger charge is 2.43. The molecule has 178 valence electrons. The molecule has 5 nitrogen and oxygen atoms in total. The molecule has 33 heavy (non-hydrogen) atoms. The zero-order valence-electron chi connectivity index (χ0n) is 20.9. The Morgan fingerprint density at radius 1 is 1.06 bits per heavy atom. The molecule has 0 radical (unpaired) electrons. The quantitative estimate of drug-likeness (QED) is 0.505. The lowest BCUT2D eigenvalue weighted by Crippen LogP contribution is -2.52. The maximum absolute atomic E-state index is 9.26. The van der Waals surface area contributed by atoms with Gasteiger partial charge in [-0.3, -0.25) is 4.90 Å². The predicted molar refractivity (Wildman–Crippen MR) is 134 cm³/mol. The number of ether oxygens (including phenoxy) is 2. The largest absolute Gasteiger partial charge is 0.493 e. The summed E-state index contributed by atoms with van der Waals surface area (Å²) >= 11 is 0. The van der Waals surface area contributed by atoms with Gasteiger partial charge in [0, 0.05) is 37.5 Å². The zero-order chi connectivity index (χ0) is 23.8. The monoisotopic (exact) mass is 449 g/mol. The van der Waals surface area contributed by atoms with Gasteiger partial charge in [-0.15, -0.1) is 0 Å². The summed E-state index contributed by atoms with van der Waals surface area (Å²) in [7, 11) is 5.57. The van der Waals surface area contributed by atoms with Gasteiger partial charge in [-0.05, 0) is 62.5 Å². The third-order valence-electron chi connectivity index (χ3n) is 7.53. The second-order valence-corrected chi connectivity index (χ2v) is 9.54. The molecule has 1 aliphatic heterocycles. The number of methoxy groups -OCH3 is 2. The Bertz CT molecular complexity index is 926. The van der Waals surface area contributed by atoms with Crippen molar-refractivity contribution in [3.05, 3.63) is 59.7 Å². The van der Waals surface area contributed by atoms with Crippen LogP contribution in [0.2, 0.25) is 0 Å². The predicted octanol–water partition coefficient (Wildman–Crippen LogP) is 5.11. The van der Waals surface area contributed by atoms with Crippen molar-refractivity contribution < 1.29 is 9.47 Å². The van der Waals surface area contributed by atoms with Gasteiger partial charge in [-0.1, -0.05) is 43.3 Å². The Balaban J connectivity index is 1.83. The number of likely N-dealkylation sites (tertiary alicyclic amines) is 1. The molecule has 1 fully saturated rings. The van der Waals surface area contributed by atoms with Gasteiger partial charge in [0.05, 0.1) is 20.3 Å². The van der Waals surface area contributed by atoms with Crippen LogP contribution in [0.15, 0.2) is 48.5 Å². The fourth-order valence-electron chi connectivity index (χ4n) is 5.41. The molecule has 1 aliphatic rings. The number of hydrogen-bond donors (Lipinski definition) is 0. The van der Waals surface area contributed by atoms with Gasteiger partial charge in [-0.25, -0.2) is 0 Å². The van der Waals surface area contributed by atoms with E-state index in [1.807, 2.05) is 12.1 Å². The Labute approximate surface area is 199 Å². The zero-order valence-corrected chi connectivity index (χ0v) is 20.9. The molecule has 0 saturated carbocycles. The number of hydrogen-bond acceptors (Lipinski definition) is 5. The van der Waals surface area contributed by atoms with E-state index < -0.39 is 0 Å². The molecule has 0 N–H and O–H groups in total. The molecule has 3 rings (SSSR count). The minimum atomic E-state index is 0.135. The summed E-state index contributed by atoms with van der Waals surface area (Å²) in [5, 5.41) is 9.26. The standard InChI is InChI=1S/C28H39N3O2/c1-22-20-30(3)23(2)19-28(22,25-10-7-6-8-11-25)14-17-31(16-9-15-29)21-24-12-13-26(32-4)27(18-24)33-5/h6-8,10-13,18,22-23H,9,14,16-17,19-21H2,1-5H3/t22-,23+,28-/m1/s1. The Morgan fingerprint density at radius 2 is 1.79 bits per heavy atom. The van der Waals surface area contributed by atoms with Crippen LogP contribution in [-0.4, -0.2) is 56.7 Å². The Morgan fingerprint density at radius 3 is 2.45 bits per heavy atom. The highest BCUT2D eigenvalue weighted by Crippen LogP contribution is 2.44. The molecule has 1 heterocycles. The van der Waals surface area contributed by atoms with E-state index in [4.69, 9.17) is 9.47 Å². The average molecular weight is 450 g/mol. The number of nitriles is 1. The highest BCUT2D eigenvalue weighted by atomic mass is 16.5. The molecule has 2 aromatic rings. The van der Waals surface area contributed by atoms with Gasteiger partial charge in [0.2, 0.25) is 0 Å². The van der Waals surface area contributed by atoms with Crippen molar-refractivity contribution in [1.82, 2.24) is 9.80 Å². The summed E-state index contributed by atoms with van der Waals surface area (Å²) in [6, 6.07) is 20.0. The number of rotatable bonds is 10. The lowest BCUT2D eigenvalue weighted by molar-refractivity contribution is 0.0602. The molecular weight excluding hydrogens is 410 g/mol. The van der Waals surface area contributed by atoms with E-state index in [-0.39, 0.29) is 5.41 Å². The van der Waals surface area contributed by atoms with Gasteiger partial charge in [0.25, 0.3) is 0 Å². The lowest BCUT2D eigenvalue weighted by atomic mass is 9.63. The SMILES string of the molecule is COc1ccc(CN(CCC#N)CC[C@@]2(c3ccccc3)C[C@H](C)N(C)C[C@H]2C)cc1OC. The third kappa shape index (κ3) is 5.88. The highest BCUT2D eigenvalue weighted by molar-refractivity contribution is 5.42. The Kier molecular flexibility index (Phi) is 8.77. The molecule has 3 atom stereocenters. The number of piperidine rings is 1. The topological polar surface area (TPSA) is 48.7 Å². The maximum atomic E-state index is 9.26. The van der Waals surface area contributed by atoms with Crippen LogP contribution in [0, 0.1) is 17.2 Å². The van der Waals surface area contributed by atoms with Gasteiger partial charge >= 0.3 is 0 Å². The van der Waals surface area contributed by atoms with Crippen LogP contribution < -0.4 is 9.47 Å². The van der Waals surface area contributed by atoms with Crippen LogP contribution in [-0.2, 0) is 12.0 Å². The van der Waals surface area contributed by atoms with Crippen molar-refractivity contribution in [2.45, 2.75) is 51.1 Å². The van der Waals surface area contributed by atoms with E-state index in [1.54, 1.807) is 14.2 Å². The molecular formula is C28H39N3O2. The van der Waals surface area contributed by atoms with Gasteiger partial charge < -0.3 is 14.4 Å². The van der Waals surface area contributed by atoms with E-state index >= 15 is 0 Å². The molecule has 0 amide bonds. The minimum Gasteiger partial charge on any atom is -0.493 e. The van der Waals surface area contributed by atoms with Gasteiger partial charge in [-0.2, -0.15) is 5.26 Å². The first-order valence-electron chi connectivity index (χ1n) is 12.0. The number of benzene rings is 2. The van der Waals surface area contributed by atoms with E-state index in [2.05, 4.69) is 73.2 Å². The van der Waals surface area contributed by atoms with Crippen LogP contribution in [0.5, 0.6) is 11.5 Å². The van der Waals surface area contributed by atoms with Crippen molar-refractivity contribution in [2.24, 2.45) is 5.92 Å². The van der Waals surface area contributed by atoms with E-state index in [9.17, 15) is 5.26 Å². The van der Waals surface area contributed by atoms with Gasteiger partial charge in [0.1, 0.15) is 0 Å². The second kappa shape index (κ2) is 11.5. The molecule has 0 aliphatic carbocycles. The number of nitrogens with zero attached hydrogens (tertiary/aromatic N) is 3. The molecule has 2 aromatic carbocycles. The molecule has 0 aromatic heterocycles. The maximum Gasteiger partial charge on any atom is 0.161 e. The summed E-state index contributed by atoms with van der Waals surface area (Å²) in [5.74, 6) is 2.04.